The summed E-state index contributed by atoms with van der Waals surface area (Å²) in [4.78, 5) is 29.7. The number of fused-ring (bicyclic) bond motifs is 1. The summed E-state index contributed by atoms with van der Waals surface area (Å²) < 4.78 is 1.45. The van der Waals surface area contributed by atoms with Gasteiger partial charge in [-0.25, -0.2) is 4.68 Å². The van der Waals surface area contributed by atoms with E-state index in [1.165, 1.54) is 10.2 Å². The number of carbonyl (C=O) groups is 1. The first kappa shape index (κ1) is 19.3. The van der Waals surface area contributed by atoms with Crippen LogP contribution in [0.3, 0.4) is 0 Å². The molecule has 29 heavy (non-hydrogen) atoms. The van der Waals surface area contributed by atoms with Crippen LogP contribution >= 0.6 is 0 Å². The summed E-state index contributed by atoms with van der Waals surface area (Å²) in [6.07, 6.45) is 0.280. The molecule has 2 aromatic carbocycles. The zero-order valence-electron chi connectivity index (χ0n) is 17.0. The summed E-state index contributed by atoms with van der Waals surface area (Å²) in [7, 11) is 2.06. The summed E-state index contributed by atoms with van der Waals surface area (Å²) >= 11 is 0. The number of aryl methyl sites for hydroxylation is 2. The van der Waals surface area contributed by atoms with Gasteiger partial charge in [-0.05, 0) is 20.0 Å². The van der Waals surface area contributed by atoms with E-state index in [1.807, 2.05) is 60.4 Å². The number of piperazine rings is 1. The Labute approximate surface area is 170 Å². The van der Waals surface area contributed by atoms with Crippen LogP contribution in [0.5, 0.6) is 0 Å². The van der Waals surface area contributed by atoms with Gasteiger partial charge in [0.15, 0.2) is 0 Å². The van der Waals surface area contributed by atoms with E-state index in [0.717, 1.165) is 42.8 Å². The Morgan fingerprint density at radius 3 is 2.31 bits per heavy atom. The van der Waals surface area contributed by atoms with Crippen molar-refractivity contribution in [2.75, 3.05) is 33.2 Å². The quantitative estimate of drug-likeness (QED) is 0.687. The minimum Gasteiger partial charge on any atom is -0.340 e. The number of hydrogen-bond acceptors (Lipinski definition) is 4. The summed E-state index contributed by atoms with van der Waals surface area (Å²) in [5, 5.41) is 6.12. The average Bonchev–Trinajstić information content (AvgIpc) is 2.74. The van der Waals surface area contributed by atoms with Crippen LogP contribution < -0.4 is 5.56 Å². The molecule has 0 N–H and O–H groups in total. The highest BCUT2D eigenvalue weighted by atomic mass is 16.2. The monoisotopic (exact) mass is 390 g/mol. The first-order chi connectivity index (χ1) is 14.0. The topological polar surface area (TPSA) is 58.4 Å². The fourth-order valence-corrected chi connectivity index (χ4v) is 3.73. The maximum absolute atomic E-state index is 13.0. The predicted molar refractivity (Wildman–Crippen MR) is 115 cm³/mol. The number of nitrogens with zero attached hydrogens (tertiary/aromatic N) is 4. The molecule has 0 unspecified atom stereocenters. The van der Waals surface area contributed by atoms with E-state index in [0.29, 0.717) is 5.39 Å². The van der Waals surface area contributed by atoms with Crippen molar-refractivity contribution in [1.29, 1.82) is 0 Å². The van der Waals surface area contributed by atoms with Gasteiger partial charge in [-0.2, -0.15) is 5.10 Å². The third kappa shape index (κ3) is 4.07. The molecule has 150 valence electrons. The second kappa shape index (κ2) is 8.17. The van der Waals surface area contributed by atoms with Gasteiger partial charge in [0.25, 0.3) is 5.56 Å². The van der Waals surface area contributed by atoms with Crippen molar-refractivity contribution in [1.82, 2.24) is 19.6 Å². The Morgan fingerprint density at radius 2 is 1.62 bits per heavy atom. The van der Waals surface area contributed by atoms with E-state index < -0.39 is 0 Å². The molecule has 0 radical (unpaired) electrons. The summed E-state index contributed by atoms with van der Waals surface area (Å²) in [5.74, 6) is 0.0804. The SMILES string of the molecule is Cc1ccc(-c2nn(CCC(=O)N3CCN(C)CC3)c(=O)c3ccccc23)cc1. The molecule has 1 amide bonds. The normalized spacial score (nSPS) is 15.0. The van der Waals surface area contributed by atoms with Crippen LogP contribution in [-0.4, -0.2) is 58.7 Å². The zero-order chi connectivity index (χ0) is 20.4. The van der Waals surface area contributed by atoms with Crippen molar-refractivity contribution in [3.05, 3.63) is 64.4 Å². The van der Waals surface area contributed by atoms with Crippen molar-refractivity contribution in [2.45, 2.75) is 19.9 Å². The van der Waals surface area contributed by atoms with Crippen LogP contribution in [0.4, 0.5) is 0 Å². The Hall–Kier alpha value is -2.99. The van der Waals surface area contributed by atoms with Crippen molar-refractivity contribution in [3.8, 4) is 11.3 Å². The number of likely N-dealkylation sites (N-methyl/N-ethyl adjacent to an activating group) is 1. The fraction of sp³-hybridized carbons (Fsp3) is 0.348. The maximum Gasteiger partial charge on any atom is 0.274 e. The van der Waals surface area contributed by atoms with Gasteiger partial charge in [0, 0.05) is 43.5 Å². The van der Waals surface area contributed by atoms with Gasteiger partial charge < -0.3 is 9.80 Å². The molecular weight excluding hydrogens is 364 g/mol. The number of hydrogen-bond donors (Lipinski definition) is 0. The molecule has 0 spiro atoms. The molecule has 0 bridgehead atoms. The van der Waals surface area contributed by atoms with Gasteiger partial charge in [0.1, 0.15) is 0 Å². The van der Waals surface area contributed by atoms with Crippen LogP contribution in [0.15, 0.2) is 53.3 Å². The first-order valence-electron chi connectivity index (χ1n) is 10.1. The highest BCUT2D eigenvalue weighted by Crippen LogP contribution is 2.24. The lowest BCUT2D eigenvalue weighted by Crippen LogP contribution is -2.47. The molecule has 0 saturated carbocycles. The Kier molecular flexibility index (Phi) is 5.45. The lowest BCUT2D eigenvalue weighted by Gasteiger charge is -2.32. The van der Waals surface area contributed by atoms with E-state index in [4.69, 9.17) is 0 Å². The Morgan fingerprint density at radius 1 is 0.966 bits per heavy atom. The zero-order valence-corrected chi connectivity index (χ0v) is 17.0. The smallest absolute Gasteiger partial charge is 0.274 e. The van der Waals surface area contributed by atoms with Gasteiger partial charge in [0.05, 0.1) is 17.6 Å². The highest BCUT2D eigenvalue weighted by Gasteiger charge is 2.19. The molecule has 4 rings (SSSR count). The van der Waals surface area contributed by atoms with Crippen LogP contribution in [0.25, 0.3) is 22.0 Å². The molecule has 1 fully saturated rings. The summed E-state index contributed by atoms with van der Waals surface area (Å²) in [6.45, 7) is 5.58. The van der Waals surface area contributed by atoms with Gasteiger partial charge >= 0.3 is 0 Å². The fourth-order valence-electron chi connectivity index (χ4n) is 3.73. The minimum absolute atomic E-state index is 0.0804. The van der Waals surface area contributed by atoms with Crippen LogP contribution in [0.2, 0.25) is 0 Å². The lowest BCUT2D eigenvalue weighted by atomic mass is 10.0. The third-order valence-corrected chi connectivity index (χ3v) is 5.59. The Balaban J connectivity index is 1.64. The van der Waals surface area contributed by atoms with Crippen LogP contribution in [0.1, 0.15) is 12.0 Å². The number of benzene rings is 2. The van der Waals surface area contributed by atoms with Gasteiger partial charge in [0.2, 0.25) is 5.91 Å². The molecule has 1 aromatic heterocycles. The molecule has 3 aromatic rings. The molecule has 1 aliphatic heterocycles. The molecular formula is C23H26N4O2. The average molecular weight is 390 g/mol. The second-order valence-electron chi connectivity index (χ2n) is 7.72. The van der Waals surface area contributed by atoms with Crippen molar-refractivity contribution in [2.24, 2.45) is 0 Å². The first-order valence-corrected chi connectivity index (χ1v) is 10.1. The van der Waals surface area contributed by atoms with Crippen molar-refractivity contribution < 1.29 is 4.79 Å². The van der Waals surface area contributed by atoms with Gasteiger partial charge in [-0.3, -0.25) is 9.59 Å². The van der Waals surface area contributed by atoms with E-state index in [9.17, 15) is 9.59 Å². The Bertz CT molecular complexity index is 1080. The van der Waals surface area contributed by atoms with E-state index >= 15 is 0 Å². The minimum atomic E-state index is -0.150. The number of rotatable bonds is 4. The largest absolute Gasteiger partial charge is 0.340 e. The van der Waals surface area contributed by atoms with Crippen molar-refractivity contribution in [3.63, 3.8) is 0 Å². The third-order valence-electron chi connectivity index (χ3n) is 5.59. The molecule has 6 nitrogen and oxygen atoms in total. The molecule has 6 heteroatoms. The van der Waals surface area contributed by atoms with Gasteiger partial charge in [-0.15, -0.1) is 0 Å². The maximum atomic E-state index is 13.0. The van der Waals surface area contributed by atoms with E-state index in [-0.39, 0.29) is 24.4 Å². The predicted octanol–water partition coefficient (Wildman–Crippen LogP) is 2.54. The summed E-state index contributed by atoms with van der Waals surface area (Å²) in [6, 6.07) is 15.7. The second-order valence-corrected chi connectivity index (χ2v) is 7.72. The van der Waals surface area contributed by atoms with Crippen molar-refractivity contribution >= 4 is 16.7 Å². The lowest BCUT2D eigenvalue weighted by molar-refractivity contribution is -0.133. The highest BCUT2D eigenvalue weighted by molar-refractivity contribution is 5.93. The van der Waals surface area contributed by atoms with Crippen LogP contribution in [0, 0.1) is 6.92 Å². The summed E-state index contributed by atoms with van der Waals surface area (Å²) in [5.41, 5.74) is 2.75. The van der Waals surface area contributed by atoms with Crippen LogP contribution in [-0.2, 0) is 11.3 Å². The molecule has 2 heterocycles. The van der Waals surface area contributed by atoms with Gasteiger partial charge in [-0.1, -0.05) is 48.0 Å². The van der Waals surface area contributed by atoms with E-state index in [1.54, 1.807) is 0 Å². The number of amides is 1. The number of aromatic nitrogens is 2. The molecule has 1 aliphatic rings. The standard InChI is InChI=1S/C23H26N4O2/c1-17-7-9-18(10-8-17)22-19-5-3-4-6-20(19)23(29)27(24-22)12-11-21(28)26-15-13-25(2)14-16-26/h3-10H,11-16H2,1-2H3. The number of carbonyl (C=O) groups excluding carboxylic acids is 1. The molecule has 0 atom stereocenters. The molecule has 1 saturated heterocycles. The molecule has 0 aliphatic carbocycles. The van der Waals surface area contributed by atoms with E-state index in [2.05, 4.69) is 17.0 Å².